The molecule has 3 aromatic rings. The smallest absolute Gasteiger partial charge is 0.303 e. The number of aryl methyl sites for hydroxylation is 2. The van der Waals surface area contributed by atoms with E-state index in [1.54, 1.807) is 30.6 Å². The highest BCUT2D eigenvalue weighted by Gasteiger charge is 2.18. The van der Waals surface area contributed by atoms with Crippen molar-refractivity contribution in [1.82, 2.24) is 0 Å². The standard InChI is InChI=1S/C22H21NO4S/c1-13-11-15(22(23)26)5-9-18(13)20-16(6-10-19(24)25)12-28-21(20)14-3-7-17(27-2)8-4-14/h3-5,7-9,11-12H,6,10H2,1-2H3,(H2,23,26)(H,24,25). The number of carbonyl (C=O) groups is 2. The van der Waals surface area contributed by atoms with Gasteiger partial charge in [-0.25, -0.2) is 0 Å². The van der Waals surface area contributed by atoms with Gasteiger partial charge in [-0.3, -0.25) is 9.59 Å². The molecule has 1 aromatic heterocycles. The van der Waals surface area contributed by atoms with Gasteiger partial charge in [0.15, 0.2) is 0 Å². The predicted octanol–water partition coefficient (Wildman–Crippen LogP) is 4.52. The maximum absolute atomic E-state index is 11.5. The Balaban J connectivity index is 2.14. The van der Waals surface area contributed by atoms with Gasteiger partial charge in [0.25, 0.3) is 0 Å². The van der Waals surface area contributed by atoms with Gasteiger partial charge in [0.2, 0.25) is 5.91 Å². The van der Waals surface area contributed by atoms with Crippen LogP contribution in [0.4, 0.5) is 0 Å². The summed E-state index contributed by atoms with van der Waals surface area (Å²) >= 11 is 1.58. The number of thiophene rings is 1. The van der Waals surface area contributed by atoms with Crippen molar-refractivity contribution in [2.45, 2.75) is 19.8 Å². The van der Waals surface area contributed by atoms with Gasteiger partial charge in [-0.15, -0.1) is 11.3 Å². The van der Waals surface area contributed by atoms with Gasteiger partial charge in [0.1, 0.15) is 5.75 Å². The summed E-state index contributed by atoms with van der Waals surface area (Å²) in [6, 6.07) is 13.1. The summed E-state index contributed by atoms with van der Waals surface area (Å²) in [5.74, 6) is -0.527. The van der Waals surface area contributed by atoms with Crippen LogP contribution in [0.3, 0.4) is 0 Å². The van der Waals surface area contributed by atoms with E-state index in [0.29, 0.717) is 12.0 Å². The zero-order chi connectivity index (χ0) is 20.3. The molecular formula is C22H21NO4S. The number of carboxylic acids is 1. The van der Waals surface area contributed by atoms with Crippen molar-refractivity contribution in [2.75, 3.05) is 7.11 Å². The van der Waals surface area contributed by atoms with E-state index in [1.807, 2.05) is 42.6 Å². The molecule has 0 unspecified atom stereocenters. The molecule has 3 N–H and O–H groups in total. The lowest BCUT2D eigenvalue weighted by Gasteiger charge is -2.12. The highest BCUT2D eigenvalue weighted by atomic mass is 32.1. The Morgan fingerprint density at radius 2 is 1.86 bits per heavy atom. The zero-order valence-electron chi connectivity index (χ0n) is 15.7. The Morgan fingerprint density at radius 3 is 2.43 bits per heavy atom. The lowest BCUT2D eigenvalue weighted by Crippen LogP contribution is -2.11. The maximum atomic E-state index is 11.5. The van der Waals surface area contributed by atoms with Crippen LogP contribution in [0, 0.1) is 6.92 Å². The van der Waals surface area contributed by atoms with Crippen LogP contribution in [0.15, 0.2) is 47.8 Å². The second-order valence-electron chi connectivity index (χ2n) is 6.48. The predicted molar refractivity (Wildman–Crippen MR) is 111 cm³/mol. The monoisotopic (exact) mass is 395 g/mol. The first-order chi connectivity index (χ1) is 13.4. The maximum Gasteiger partial charge on any atom is 0.303 e. The van der Waals surface area contributed by atoms with E-state index >= 15 is 0 Å². The number of amides is 1. The molecule has 0 spiro atoms. The molecule has 0 aliphatic carbocycles. The molecule has 1 amide bonds. The molecule has 0 fully saturated rings. The first-order valence-electron chi connectivity index (χ1n) is 8.78. The van der Waals surface area contributed by atoms with Crippen LogP contribution in [-0.4, -0.2) is 24.1 Å². The number of rotatable bonds is 7. The van der Waals surface area contributed by atoms with E-state index in [4.69, 9.17) is 15.6 Å². The van der Waals surface area contributed by atoms with Crippen molar-refractivity contribution in [1.29, 1.82) is 0 Å². The van der Waals surface area contributed by atoms with Crippen LogP contribution in [0.25, 0.3) is 21.6 Å². The normalized spacial score (nSPS) is 10.6. The summed E-state index contributed by atoms with van der Waals surface area (Å²) in [6.07, 6.45) is 0.499. The molecule has 2 aromatic carbocycles. The minimum absolute atomic E-state index is 0.0597. The largest absolute Gasteiger partial charge is 0.497 e. The van der Waals surface area contributed by atoms with Crippen molar-refractivity contribution in [3.63, 3.8) is 0 Å². The molecular weight excluding hydrogens is 374 g/mol. The third-order valence-corrected chi connectivity index (χ3v) is 5.69. The number of aliphatic carboxylic acids is 1. The van der Waals surface area contributed by atoms with Crippen LogP contribution < -0.4 is 10.5 Å². The average molecular weight is 395 g/mol. The summed E-state index contributed by atoms with van der Waals surface area (Å²) < 4.78 is 5.24. The van der Waals surface area contributed by atoms with Gasteiger partial charge in [-0.05, 0) is 77.4 Å². The first kappa shape index (κ1) is 19.6. The molecule has 144 valence electrons. The number of nitrogens with two attached hydrogens (primary N) is 1. The molecule has 0 bridgehead atoms. The molecule has 0 aliphatic rings. The number of ether oxygens (including phenoxy) is 1. The Hall–Kier alpha value is -3.12. The summed E-state index contributed by atoms with van der Waals surface area (Å²) in [4.78, 5) is 23.6. The first-order valence-corrected chi connectivity index (χ1v) is 9.66. The molecule has 0 saturated heterocycles. The average Bonchev–Trinajstić information content (AvgIpc) is 3.10. The van der Waals surface area contributed by atoms with Crippen molar-refractivity contribution >= 4 is 23.2 Å². The van der Waals surface area contributed by atoms with E-state index in [2.05, 4.69) is 0 Å². The molecule has 0 radical (unpaired) electrons. The van der Waals surface area contributed by atoms with Crippen molar-refractivity contribution in [3.05, 3.63) is 64.5 Å². The summed E-state index contributed by atoms with van der Waals surface area (Å²) in [5.41, 5.74) is 10.8. The molecule has 0 saturated carbocycles. The van der Waals surface area contributed by atoms with Gasteiger partial charge in [-0.1, -0.05) is 6.07 Å². The fourth-order valence-corrected chi connectivity index (χ4v) is 4.29. The number of hydrogen-bond acceptors (Lipinski definition) is 4. The molecule has 1 heterocycles. The molecule has 5 nitrogen and oxygen atoms in total. The highest BCUT2D eigenvalue weighted by molar-refractivity contribution is 7.14. The Labute approximate surface area is 167 Å². The summed E-state index contributed by atoms with van der Waals surface area (Å²) in [7, 11) is 1.62. The Bertz CT molecular complexity index is 1020. The van der Waals surface area contributed by atoms with Crippen molar-refractivity contribution in [3.8, 4) is 27.3 Å². The number of carbonyl (C=O) groups excluding carboxylic acids is 1. The van der Waals surface area contributed by atoms with E-state index in [9.17, 15) is 9.59 Å². The molecule has 0 aliphatic heterocycles. The number of carboxylic acid groups (broad SMARTS) is 1. The quantitative estimate of drug-likeness (QED) is 0.616. The van der Waals surface area contributed by atoms with E-state index < -0.39 is 11.9 Å². The van der Waals surface area contributed by atoms with Gasteiger partial charge in [0, 0.05) is 22.4 Å². The highest BCUT2D eigenvalue weighted by Crippen LogP contribution is 2.42. The van der Waals surface area contributed by atoms with Crippen LogP contribution in [0.5, 0.6) is 5.75 Å². The zero-order valence-corrected chi connectivity index (χ0v) is 16.5. The van der Waals surface area contributed by atoms with Crippen LogP contribution in [0.2, 0.25) is 0 Å². The Morgan fingerprint density at radius 1 is 1.14 bits per heavy atom. The van der Waals surface area contributed by atoms with Crippen LogP contribution in [-0.2, 0) is 11.2 Å². The second-order valence-corrected chi connectivity index (χ2v) is 7.36. The third kappa shape index (κ3) is 4.07. The van der Waals surface area contributed by atoms with Gasteiger partial charge in [0.05, 0.1) is 7.11 Å². The number of methoxy groups -OCH3 is 1. The summed E-state index contributed by atoms with van der Waals surface area (Å²) in [5, 5.41) is 11.1. The van der Waals surface area contributed by atoms with Crippen LogP contribution in [0.1, 0.15) is 27.9 Å². The van der Waals surface area contributed by atoms with Crippen LogP contribution >= 0.6 is 11.3 Å². The fraction of sp³-hybridized carbons (Fsp3) is 0.182. The minimum atomic E-state index is -0.830. The third-order valence-electron chi connectivity index (χ3n) is 4.61. The summed E-state index contributed by atoms with van der Waals surface area (Å²) in [6.45, 7) is 1.93. The van der Waals surface area contributed by atoms with E-state index in [1.165, 1.54) is 0 Å². The molecule has 28 heavy (non-hydrogen) atoms. The fourth-order valence-electron chi connectivity index (χ4n) is 3.17. The number of hydrogen-bond donors (Lipinski definition) is 2. The topological polar surface area (TPSA) is 89.6 Å². The number of benzene rings is 2. The SMILES string of the molecule is COc1ccc(-c2scc(CCC(=O)O)c2-c2ccc(C(N)=O)cc2C)cc1. The molecule has 0 atom stereocenters. The van der Waals surface area contributed by atoms with Crippen molar-refractivity contribution in [2.24, 2.45) is 5.73 Å². The Kier molecular flexibility index (Phi) is 5.80. The van der Waals surface area contributed by atoms with Gasteiger partial charge in [-0.2, -0.15) is 0 Å². The minimum Gasteiger partial charge on any atom is -0.497 e. The molecule has 6 heteroatoms. The molecule has 3 rings (SSSR count). The van der Waals surface area contributed by atoms with Gasteiger partial charge >= 0.3 is 5.97 Å². The van der Waals surface area contributed by atoms with E-state index in [0.717, 1.165) is 38.4 Å². The lowest BCUT2D eigenvalue weighted by atomic mass is 9.92. The van der Waals surface area contributed by atoms with Crippen molar-refractivity contribution < 1.29 is 19.4 Å². The van der Waals surface area contributed by atoms with E-state index in [-0.39, 0.29) is 6.42 Å². The van der Waals surface area contributed by atoms with Gasteiger partial charge < -0.3 is 15.6 Å². The number of primary amides is 1. The second kappa shape index (κ2) is 8.27. The lowest BCUT2D eigenvalue weighted by molar-refractivity contribution is -0.136.